The highest BCUT2D eigenvalue weighted by Gasteiger charge is 2.18. The van der Waals surface area contributed by atoms with Crippen LogP contribution >= 0.6 is 7.60 Å². The highest BCUT2D eigenvalue weighted by atomic mass is 31.2. The van der Waals surface area contributed by atoms with Gasteiger partial charge in [-0.25, -0.2) is 4.68 Å². The van der Waals surface area contributed by atoms with Crippen LogP contribution in [0.2, 0.25) is 0 Å². The van der Waals surface area contributed by atoms with Gasteiger partial charge in [0, 0.05) is 11.1 Å². The van der Waals surface area contributed by atoms with Gasteiger partial charge in [0.15, 0.2) is 0 Å². The number of fused-ring (bicyclic) bond motifs is 1. The first-order valence-electron chi connectivity index (χ1n) is 9.11. The molecule has 0 fully saturated rings. The van der Waals surface area contributed by atoms with Crippen molar-refractivity contribution in [2.24, 2.45) is 0 Å². The molecule has 0 atom stereocenters. The van der Waals surface area contributed by atoms with E-state index in [9.17, 15) is 9.67 Å². The van der Waals surface area contributed by atoms with Crippen molar-refractivity contribution in [2.45, 2.75) is 32.2 Å². The molecule has 4 aromatic rings. The molecular weight excluding hydrogens is 409 g/mol. The molecule has 0 aliphatic heterocycles. The predicted octanol–water partition coefficient (Wildman–Crippen LogP) is 2.60. The second-order valence-electron chi connectivity index (χ2n) is 7.71. The topological polar surface area (TPSA) is 147 Å². The van der Waals surface area contributed by atoms with E-state index in [1.54, 1.807) is 48.9 Å². The minimum Gasteiger partial charge on any atom is -0.389 e. The van der Waals surface area contributed by atoms with Crippen LogP contribution in [0.3, 0.4) is 0 Å². The summed E-state index contributed by atoms with van der Waals surface area (Å²) in [5, 5.41) is 22.2. The van der Waals surface area contributed by atoms with Gasteiger partial charge in [-0.15, -0.1) is 5.10 Å². The Kier molecular flexibility index (Phi) is 5.03. The molecule has 2 aromatic carbocycles. The molecule has 11 heteroatoms. The number of hydrogen-bond acceptors (Lipinski definition) is 7. The van der Waals surface area contributed by atoms with Crippen LogP contribution < -0.4 is 0 Å². The van der Waals surface area contributed by atoms with Crippen molar-refractivity contribution < 1.29 is 24.0 Å². The average molecular weight is 429 g/mol. The second-order valence-corrected chi connectivity index (χ2v) is 9.35. The Balaban J connectivity index is 1.58. The molecule has 156 valence electrons. The zero-order chi connectivity index (χ0) is 21.5. The summed E-state index contributed by atoms with van der Waals surface area (Å²) in [5.41, 5.74) is 2.36. The number of hydrogen-bond donors (Lipinski definition) is 3. The lowest BCUT2D eigenvalue weighted by atomic mass is 10.1. The fraction of sp³-hybridized carbons (Fsp3) is 0.263. The molecule has 0 unspecified atom stereocenters. The van der Waals surface area contributed by atoms with E-state index >= 15 is 0 Å². The lowest BCUT2D eigenvalue weighted by Crippen LogP contribution is -2.26. The minimum atomic E-state index is -4.12. The summed E-state index contributed by atoms with van der Waals surface area (Å²) in [6.07, 6.45) is -0.321. The van der Waals surface area contributed by atoms with Crippen LogP contribution in [0.1, 0.15) is 19.4 Å². The number of aliphatic hydroxyl groups is 1. The van der Waals surface area contributed by atoms with E-state index in [2.05, 4.69) is 20.5 Å². The van der Waals surface area contributed by atoms with Gasteiger partial charge in [0.1, 0.15) is 5.52 Å². The van der Waals surface area contributed by atoms with Gasteiger partial charge in [-0.3, -0.25) is 4.57 Å². The van der Waals surface area contributed by atoms with Crippen molar-refractivity contribution in [1.29, 1.82) is 0 Å². The Bertz CT molecular complexity index is 1240. The molecule has 0 saturated carbocycles. The molecule has 2 heterocycles. The quantitative estimate of drug-likeness (QED) is 0.393. The van der Waals surface area contributed by atoms with Gasteiger partial charge >= 0.3 is 7.60 Å². The van der Waals surface area contributed by atoms with Crippen LogP contribution in [0.15, 0.2) is 47.0 Å². The fourth-order valence-electron chi connectivity index (χ4n) is 3.04. The maximum absolute atomic E-state index is 11.1. The standard InChI is InChI=1S/C19H20N5O5P/c1-19(2,25)11-24-16-8-7-14(9-15(16)21-23-24)18-20-17(22-29-18)13-5-3-12(4-6-13)10-30(26,27)28/h3-9,25H,10-11H2,1-2H3,(H2,26,27,28). The average Bonchev–Trinajstić information content (AvgIpc) is 3.27. The van der Waals surface area contributed by atoms with E-state index in [1.807, 2.05) is 12.1 Å². The molecule has 0 radical (unpaired) electrons. The van der Waals surface area contributed by atoms with Crippen LogP contribution in [0.4, 0.5) is 0 Å². The van der Waals surface area contributed by atoms with E-state index in [-0.39, 0.29) is 6.16 Å². The van der Waals surface area contributed by atoms with Crippen LogP contribution in [0.5, 0.6) is 0 Å². The fourth-order valence-corrected chi connectivity index (χ4v) is 3.73. The zero-order valence-corrected chi connectivity index (χ0v) is 17.2. The Labute approximate surface area is 171 Å². The van der Waals surface area contributed by atoms with Crippen molar-refractivity contribution >= 4 is 18.6 Å². The summed E-state index contributed by atoms with van der Waals surface area (Å²) in [7, 11) is -4.12. The van der Waals surface area contributed by atoms with Crippen LogP contribution in [0.25, 0.3) is 33.9 Å². The molecule has 3 N–H and O–H groups in total. The largest absolute Gasteiger partial charge is 0.389 e. The van der Waals surface area contributed by atoms with Gasteiger partial charge in [-0.2, -0.15) is 4.98 Å². The molecule has 10 nitrogen and oxygen atoms in total. The zero-order valence-electron chi connectivity index (χ0n) is 16.3. The molecule has 2 aromatic heterocycles. The van der Waals surface area contributed by atoms with Crippen LogP contribution in [-0.4, -0.2) is 45.6 Å². The summed E-state index contributed by atoms with van der Waals surface area (Å²) in [5.74, 6) is 0.668. The first kappa shape index (κ1) is 20.4. The van der Waals surface area contributed by atoms with E-state index in [1.165, 1.54) is 0 Å². The summed E-state index contributed by atoms with van der Waals surface area (Å²) >= 11 is 0. The van der Waals surface area contributed by atoms with Crippen molar-refractivity contribution in [2.75, 3.05) is 0 Å². The number of benzene rings is 2. The monoisotopic (exact) mass is 429 g/mol. The molecule has 0 amide bonds. The first-order valence-corrected chi connectivity index (χ1v) is 10.9. The first-order chi connectivity index (χ1) is 14.1. The Morgan fingerprint density at radius 1 is 1.10 bits per heavy atom. The Hall–Kier alpha value is -2.91. The van der Waals surface area contributed by atoms with E-state index in [4.69, 9.17) is 14.3 Å². The third-order valence-electron chi connectivity index (χ3n) is 4.32. The summed E-state index contributed by atoms with van der Waals surface area (Å²) in [6.45, 7) is 3.72. The van der Waals surface area contributed by atoms with Crippen LogP contribution in [0, 0.1) is 0 Å². The molecule has 30 heavy (non-hydrogen) atoms. The number of aromatic nitrogens is 5. The van der Waals surface area contributed by atoms with Gasteiger partial charge in [0.2, 0.25) is 5.82 Å². The minimum absolute atomic E-state index is 0.309. The maximum Gasteiger partial charge on any atom is 0.329 e. The van der Waals surface area contributed by atoms with E-state index in [0.717, 1.165) is 5.52 Å². The molecule has 0 spiro atoms. The SMILES string of the molecule is CC(C)(O)Cn1nnc2cc(-c3nc(-c4ccc(CP(=O)(O)O)cc4)no3)ccc21. The van der Waals surface area contributed by atoms with Gasteiger partial charge in [0.05, 0.1) is 23.8 Å². The van der Waals surface area contributed by atoms with E-state index in [0.29, 0.717) is 40.5 Å². The Morgan fingerprint density at radius 2 is 1.80 bits per heavy atom. The second kappa shape index (κ2) is 7.41. The summed E-state index contributed by atoms with van der Waals surface area (Å²) in [6, 6.07) is 12.0. The maximum atomic E-state index is 11.1. The lowest BCUT2D eigenvalue weighted by Gasteiger charge is -2.16. The van der Waals surface area contributed by atoms with E-state index < -0.39 is 13.2 Å². The van der Waals surface area contributed by atoms with Gasteiger partial charge in [0.25, 0.3) is 5.89 Å². The molecule has 0 aliphatic carbocycles. The highest BCUT2D eigenvalue weighted by molar-refractivity contribution is 7.50. The smallest absolute Gasteiger partial charge is 0.329 e. The molecule has 0 saturated heterocycles. The molecule has 0 bridgehead atoms. The molecule has 4 rings (SSSR count). The third kappa shape index (κ3) is 4.63. The van der Waals surface area contributed by atoms with Gasteiger partial charge < -0.3 is 19.4 Å². The third-order valence-corrected chi connectivity index (χ3v) is 5.10. The van der Waals surface area contributed by atoms with Crippen molar-refractivity contribution in [3.8, 4) is 22.8 Å². The highest BCUT2D eigenvalue weighted by Crippen LogP contribution is 2.39. The van der Waals surface area contributed by atoms with Crippen molar-refractivity contribution in [3.05, 3.63) is 48.0 Å². The normalized spacial score (nSPS) is 12.6. The number of nitrogens with zero attached hydrogens (tertiary/aromatic N) is 5. The Morgan fingerprint density at radius 3 is 2.47 bits per heavy atom. The van der Waals surface area contributed by atoms with Crippen LogP contribution in [-0.2, 0) is 17.3 Å². The number of rotatable bonds is 6. The lowest BCUT2D eigenvalue weighted by molar-refractivity contribution is 0.0585. The van der Waals surface area contributed by atoms with Gasteiger partial charge in [-0.1, -0.05) is 34.6 Å². The van der Waals surface area contributed by atoms with Gasteiger partial charge in [-0.05, 0) is 37.6 Å². The molecular formula is C19H20N5O5P. The summed E-state index contributed by atoms with van der Waals surface area (Å²) in [4.78, 5) is 22.5. The predicted molar refractivity (Wildman–Crippen MR) is 108 cm³/mol. The van der Waals surface area contributed by atoms with Crippen molar-refractivity contribution in [3.63, 3.8) is 0 Å². The molecule has 0 aliphatic rings. The van der Waals surface area contributed by atoms with Crippen molar-refractivity contribution in [1.82, 2.24) is 25.1 Å². The summed E-state index contributed by atoms with van der Waals surface area (Å²) < 4.78 is 18.1.